The van der Waals surface area contributed by atoms with E-state index in [0.717, 1.165) is 5.56 Å². The average molecular weight is 623 g/mol. The van der Waals surface area contributed by atoms with E-state index < -0.39 is 16.0 Å². The number of hydrogen-bond donors (Lipinski definition) is 1. The second-order valence-corrected chi connectivity index (χ2v) is 10.3. The predicted octanol–water partition coefficient (Wildman–Crippen LogP) is 5.97. The molecule has 0 atom stereocenters. The number of anilines is 1. The van der Waals surface area contributed by atoms with Crippen LogP contribution in [0.2, 0.25) is 5.02 Å². The Hall–Kier alpha value is -3.07. The summed E-state index contributed by atoms with van der Waals surface area (Å²) in [4.78, 5) is 12.8. The minimum absolute atomic E-state index is 0.000486. The van der Waals surface area contributed by atoms with Gasteiger partial charge in [-0.05, 0) is 84.0 Å². The maximum atomic E-state index is 12.8. The van der Waals surface area contributed by atoms with E-state index in [1.165, 1.54) is 24.3 Å². The Labute approximate surface area is 222 Å². The molecule has 10 heteroatoms. The lowest BCUT2D eigenvalue weighted by atomic mass is 10.1. The van der Waals surface area contributed by atoms with Crippen LogP contribution in [0.1, 0.15) is 18.1 Å². The first-order valence-electron chi connectivity index (χ1n) is 10.3. The molecule has 35 heavy (non-hydrogen) atoms. The van der Waals surface area contributed by atoms with Gasteiger partial charge in [-0.15, -0.1) is 0 Å². The van der Waals surface area contributed by atoms with Gasteiger partial charge in [0.05, 0.1) is 20.9 Å². The minimum atomic E-state index is -4.10. The molecule has 0 unspecified atom stereocenters. The highest BCUT2D eigenvalue weighted by Gasteiger charge is 2.22. The van der Waals surface area contributed by atoms with E-state index in [0.29, 0.717) is 19.8 Å². The zero-order valence-electron chi connectivity index (χ0n) is 18.7. The van der Waals surface area contributed by atoms with Gasteiger partial charge in [-0.25, -0.2) is 0 Å². The number of carbonyl (C=O) groups excluding carboxylic acids is 1. The normalized spacial score (nSPS) is 11.5. The van der Waals surface area contributed by atoms with Gasteiger partial charge in [-0.3, -0.25) is 4.79 Å². The molecule has 180 valence electrons. The highest BCUT2D eigenvalue weighted by Crippen LogP contribution is 2.37. The van der Waals surface area contributed by atoms with Crippen LogP contribution in [0, 0.1) is 21.8 Å². The first-order chi connectivity index (χ1) is 16.7. The summed E-state index contributed by atoms with van der Waals surface area (Å²) in [7, 11) is -4.10. The molecule has 0 fully saturated rings. The van der Waals surface area contributed by atoms with Crippen molar-refractivity contribution in [1.82, 2.24) is 0 Å². The summed E-state index contributed by atoms with van der Waals surface area (Å²) in [6.45, 7) is 3.77. The molecule has 3 aromatic rings. The topological polar surface area (TPSA) is 105 Å². The fourth-order valence-electron chi connectivity index (χ4n) is 3.05. The molecule has 0 aliphatic heterocycles. The lowest BCUT2D eigenvalue weighted by Gasteiger charge is -2.15. The number of ether oxygens (including phenoxy) is 1. The number of hydrogen-bond acceptors (Lipinski definition) is 6. The molecule has 0 saturated carbocycles. The highest BCUT2D eigenvalue weighted by atomic mass is 127. The van der Waals surface area contributed by atoms with E-state index in [9.17, 15) is 18.5 Å². The Morgan fingerprint density at radius 1 is 1.17 bits per heavy atom. The van der Waals surface area contributed by atoms with Gasteiger partial charge in [0.15, 0.2) is 11.5 Å². The van der Waals surface area contributed by atoms with Crippen molar-refractivity contribution in [3.05, 3.63) is 86.0 Å². The monoisotopic (exact) mass is 622 g/mol. The first-order valence-corrected chi connectivity index (χ1v) is 13.2. The zero-order valence-corrected chi connectivity index (χ0v) is 22.4. The Bertz CT molecular complexity index is 1410. The fourth-order valence-corrected chi connectivity index (χ4v) is 5.18. The van der Waals surface area contributed by atoms with Crippen molar-refractivity contribution in [2.75, 3.05) is 11.9 Å². The van der Waals surface area contributed by atoms with E-state index in [1.54, 1.807) is 56.3 Å². The predicted molar refractivity (Wildman–Crippen MR) is 143 cm³/mol. The Morgan fingerprint density at radius 2 is 1.89 bits per heavy atom. The van der Waals surface area contributed by atoms with Gasteiger partial charge in [0.2, 0.25) is 0 Å². The van der Waals surface area contributed by atoms with Gasteiger partial charge < -0.3 is 14.2 Å². The van der Waals surface area contributed by atoms with Crippen molar-refractivity contribution in [1.29, 1.82) is 5.26 Å². The molecule has 3 aromatic carbocycles. The van der Waals surface area contributed by atoms with Gasteiger partial charge in [0.25, 0.3) is 5.91 Å². The maximum Gasteiger partial charge on any atom is 0.339 e. The van der Waals surface area contributed by atoms with Crippen LogP contribution in [0.4, 0.5) is 5.69 Å². The smallest absolute Gasteiger partial charge is 0.339 e. The second-order valence-electron chi connectivity index (χ2n) is 7.17. The number of halogens is 2. The third-order valence-electron chi connectivity index (χ3n) is 4.69. The molecule has 0 heterocycles. The molecular weight excluding hydrogens is 603 g/mol. The molecule has 0 spiro atoms. The summed E-state index contributed by atoms with van der Waals surface area (Å²) in [5.41, 5.74) is 1.44. The Kier molecular flexibility index (Phi) is 8.77. The van der Waals surface area contributed by atoms with Gasteiger partial charge in [-0.2, -0.15) is 13.7 Å². The van der Waals surface area contributed by atoms with Crippen molar-refractivity contribution in [3.63, 3.8) is 0 Å². The summed E-state index contributed by atoms with van der Waals surface area (Å²) in [6, 6.07) is 17.9. The van der Waals surface area contributed by atoms with Crippen LogP contribution in [0.25, 0.3) is 6.08 Å². The lowest BCUT2D eigenvalue weighted by molar-refractivity contribution is -0.112. The van der Waals surface area contributed by atoms with Gasteiger partial charge in [0, 0.05) is 0 Å². The molecule has 0 saturated heterocycles. The maximum absolute atomic E-state index is 12.8. The van der Waals surface area contributed by atoms with E-state index in [1.807, 2.05) is 28.7 Å². The standard InChI is InChI=1S/C25H20ClIN2O5S/c1-3-33-22-14-17(12-18(15-28)25(30)29-23-16(2)8-7-11-20(23)26)13-21(27)24(22)34-35(31,32)19-9-5-4-6-10-19/h4-14H,3H2,1-2H3,(H,29,30)/b18-12+. The molecule has 1 amide bonds. The number of nitriles is 1. The molecule has 1 N–H and O–H groups in total. The number of rotatable bonds is 8. The van der Waals surface area contributed by atoms with Crippen molar-refractivity contribution in [2.24, 2.45) is 0 Å². The van der Waals surface area contributed by atoms with Crippen LogP contribution in [0.5, 0.6) is 11.5 Å². The van der Waals surface area contributed by atoms with Crippen molar-refractivity contribution >= 4 is 62.0 Å². The fraction of sp³-hybridized carbons (Fsp3) is 0.120. The number of benzene rings is 3. The number of amides is 1. The van der Waals surface area contributed by atoms with Crippen LogP contribution in [-0.4, -0.2) is 20.9 Å². The molecule has 0 aliphatic carbocycles. The van der Waals surface area contributed by atoms with Gasteiger partial charge >= 0.3 is 10.1 Å². The molecule has 0 radical (unpaired) electrons. The van der Waals surface area contributed by atoms with E-state index in [-0.39, 0.29) is 28.6 Å². The van der Waals surface area contributed by atoms with Crippen LogP contribution in [0.15, 0.2) is 71.1 Å². The molecule has 0 aliphatic rings. The quantitative estimate of drug-likeness (QED) is 0.144. The minimum Gasteiger partial charge on any atom is -0.490 e. The number of carbonyl (C=O) groups is 1. The van der Waals surface area contributed by atoms with E-state index in [2.05, 4.69) is 5.32 Å². The molecular formula is C25H20ClIN2O5S. The summed E-state index contributed by atoms with van der Waals surface area (Å²) in [6.07, 6.45) is 1.38. The summed E-state index contributed by atoms with van der Waals surface area (Å²) in [5, 5.41) is 12.6. The third kappa shape index (κ3) is 6.54. The van der Waals surface area contributed by atoms with Gasteiger partial charge in [-0.1, -0.05) is 41.9 Å². The van der Waals surface area contributed by atoms with Crippen molar-refractivity contribution < 1.29 is 22.1 Å². The highest BCUT2D eigenvalue weighted by molar-refractivity contribution is 14.1. The SMILES string of the molecule is CCOc1cc(/C=C(\C#N)C(=O)Nc2c(C)cccc2Cl)cc(I)c1OS(=O)(=O)c1ccccc1. The molecule has 0 aromatic heterocycles. The van der Waals surface area contributed by atoms with Crippen LogP contribution in [-0.2, 0) is 14.9 Å². The number of para-hydroxylation sites is 1. The zero-order chi connectivity index (χ0) is 25.6. The van der Waals surface area contributed by atoms with Crippen molar-refractivity contribution in [2.45, 2.75) is 18.7 Å². The average Bonchev–Trinajstić information content (AvgIpc) is 2.82. The van der Waals surface area contributed by atoms with Crippen LogP contribution in [0.3, 0.4) is 0 Å². The largest absolute Gasteiger partial charge is 0.490 e. The number of nitrogens with one attached hydrogen (secondary N) is 1. The second kappa shape index (κ2) is 11.6. The van der Waals surface area contributed by atoms with Crippen LogP contribution >= 0.6 is 34.2 Å². The third-order valence-corrected chi connectivity index (χ3v) is 7.05. The first kappa shape index (κ1) is 26.5. The number of nitrogens with zero attached hydrogens (tertiary/aromatic N) is 1. The van der Waals surface area contributed by atoms with E-state index in [4.69, 9.17) is 20.5 Å². The molecule has 7 nitrogen and oxygen atoms in total. The molecule has 0 bridgehead atoms. The lowest BCUT2D eigenvalue weighted by Crippen LogP contribution is -2.14. The summed E-state index contributed by atoms with van der Waals surface area (Å²) >= 11 is 8.09. The Balaban J connectivity index is 1.96. The van der Waals surface area contributed by atoms with Crippen molar-refractivity contribution in [3.8, 4) is 17.6 Å². The summed E-state index contributed by atoms with van der Waals surface area (Å²) < 4.78 is 36.9. The summed E-state index contributed by atoms with van der Waals surface area (Å²) in [5.74, 6) is -0.462. The van der Waals surface area contributed by atoms with Crippen LogP contribution < -0.4 is 14.2 Å². The van der Waals surface area contributed by atoms with Gasteiger partial charge in [0.1, 0.15) is 16.5 Å². The number of aryl methyl sites for hydroxylation is 1. The molecule has 3 rings (SSSR count). The Morgan fingerprint density at radius 3 is 2.51 bits per heavy atom. The van der Waals surface area contributed by atoms with E-state index >= 15 is 0 Å².